The fraction of sp³-hybridized carbons (Fsp3) is 0.500. The van der Waals surface area contributed by atoms with Gasteiger partial charge in [-0.05, 0) is 65.4 Å². The van der Waals surface area contributed by atoms with Crippen molar-refractivity contribution in [1.82, 2.24) is 0 Å². The third-order valence-electron chi connectivity index (χ3n) is 4.08. The third-order valence-corrected chi connectivity index (χ3v) is 4.86. The molecule has 0 saturated heterocycles. The van der Waals surface area contributed by atoms with E-state index >= 15 is 0 Å². The zero-order valence-corrected chi connectivity index (χ0v) is 12.1. The predicted octanol–water partition coefficient (Wildman–Crippen LogP) is 4.10. The van der Waals surface area contributed by atoms with Crippen LogP contribution in [0.4, 0.5) is 4.39 Å². The summed E-state index contributed by atoms with van der Waals surface area (Å²) in [6.07, 6.45) is 2.94. The highest BCUT2D eigenvalue weighted by Crippen LogP contribution is 2.46. The average molecular weight is 315 g/mol. The van der Waals surface area contributed by atoms with Crippen LogP contribution in [0.2, 0.25) is 0 Å². The minimum Gasteiger partial charge on any atom is -0.481 e. The van der Waals surface area contributed by atoms with Crippen LogP contribution < -0.4 is 0 Å². The van der Waals surface area contributed by atoms with Crippen molar-refractivity contribution >= 4 is 21.9 Å². The lowest BCUT2D eigenvalue weighted by Crippen LogP contribution is -2.34. The monoisotopic (exact) mass is 314 g/mol. The van der Waals surface area contributed by atoms with E-state index in [1.807, 2.05) is 13.8 Å². The van der Waals surface area contributed by atoms with Crippen molar-refractivity contribution < 1.29 is 14.3 Å². The first-order valence-electron chi connectivity index (χ1n) is 6.09. The SMILES string of the molecule is Cc1cc(F)c(Br)c(C2(C(=O)O)CCCC2)c1C. The van der Waals surface area contributed by atoms with E-state index in [0.29, 0.717) is 22.9 Å². The smallest absolute Gasteiger partial charge is 0.314 e. The largest absolute Gasteiger partial charge is 0.481 e. The van der Waals surface area contributed by atoms with Crippen LogP contribution in [0.15, 0.2) is 10.5 Å². The maximum absolute atomic E-state index is 13.9. The van der Waals surface area contributed by atoms with E-state index in [-0.39, 0.29) is 5.82 Å². The van der Waals surface area contributed by atoms with Crippen LogP contribution in [0, 0.1) is 19.7 Å². The molecule has 2 nitrogen and oxygen atoms in total. The molecule has 0 bridgehead atoms. The number of benzene rings is 1. The van der Waals surface area contributed by atoms with Crippen LogP contribution in [-0.4, -0.2) is 11.1 Å². The minimum atomic E-state index is -0.921. The van der Waals surface area contributed by atoms with Gasteiger partial charge in [0.1, 0.15) is 5.82 Å². The first kappa shape index (κ1) is 13.5. The molecular weight excluding hydrogens is 299 g/mol. The van der Waals surface area contributed by atoms with Gasteiger partial charge in [0, 0.05) is 0 Å². The van der Waals surface area contributed by atoms with Gasteiger partial charge in [-0.25, -0.2) is 4.39 Å². The number of hydrogen-bond donors (Lipinski definition) is 1. The molecule has 18 heavy (non-hydrogen) atoms. The Morgan fingerprint density at radius 2 is 1.94 bits per heavy atom. The van der Waals surface area contributed by atoms with Crippen molar-refractivity contribution in [2.75, 3.05) is 0 Å². The van der Waals surface area contributed by atoms with Crippen LogP contribution in [-0.2, 0) is 10.2 Å². The van der Waals surface area contributed by atoms with Gasteiger partial charge in [0.05, 0.1) is 9.89 Å². The quantitative estimate of drug-likeness (QED) is 0.892. The molecule has 0 heterocycles. The lowest BCUT2D eigenvalue weighted by Gasteiger charge is -2.28. The highest BCUT2D eigenvalue weighted by Gasteiger charge is 2.45. The molecule has 1 aromatic carbocycles. The van der Waals surface area contributed by atoms with Gasteiger partial charge in [-0.2, -0.15) is 0 Å². The van der Waals surface area contributed by atoms with Gasteiger partial charge >= 0.3 is 5.97 Å². The van der Waals surface area contributed by atoms with Gasteiger partial charge in [0.15, 0.2) is 0 Å². The number of carboxylic acids is 1. The summed E-state index contributed by atoms with van der Waals surface area (Å²) in [6, 6.07) is 1.45. The number of carboxylic acid groups (broad SMARTS) is 1. The van der Waals surface area contributed by atoms with Crippen LogP contribution in [0.1, 0.15) is 42.4 Å². The fourth-order valence-corrected chi connectivity index (χ4v) is 3.75. The van der Waals surface area contributed by atoms with Crippen LogP contribution >= 0.6 is 15.9 Å². The molecule has 1 aliphatic rings. The number of rotatable bonds is 2. The van der Waals surface area contributed by atoms with Crippen molar-refractivity contribution in [3.8, 4) is 0 Å². The van der Waals surface area contributed by atoms with E-state index in [4.69, 9.17) is 0 Å². The summed E-state index contributed by atoms with van der Waals surface area (Å²) in [6.45, 7) is 3.69. The molecule has 1 aliphatic carbocycles. The first-order chi connectivity index (χ1) is 8.40. The Hall–Kier alpha value is -0.900. The zero-order chi connectivity index (χ0) is 13.5. The van der Waals surface area contributed by atoms with Gasteiger partial charge in [-0.1, -0.05) is 12.8 Å². The molecule has 98 valence electrons. The molecule has 0 amide bonds. The maximum atomic E-state index is 13.9. The van der Waals surface area contributed by atoms with E-state index < -0.39 is 11.4 Å². The van der Waals surface area contributed by atoms with Crippen molar-refractivity contribution in [2.45, 2.75) is 44.9 Å². The van der Waals surface area contributed by atoms with Crippen molar-refractivity contribution in [3.63, 3.8) is 0 Å². The summed E-state index contributed by atoms with van der Waals surface area (Å²) >= 11 is 3.24. The van der Waals surface area contributed by atoms with E-state index in [1.165, 1.54) is 6.07 Å². The second kappa shape index (κ2) is 4.65. The van der Waals surface area contributed by atoms with Gasteiger partial charge < -0.3 is 5.11 Å². The molecule has 0 aliphatic heterocycles. The van der Waals surface area contributed by atoms with E-state index in [1.54, 1.807) is 0 Å². The number of halogens is 2. The third kappa shape index (κ3) is 1.87. The van der Waals surface area contributed by atoms with Crippen LogP contribution in [0.5, 0.6) is 0 Å². The van der Waals surface area contributed by atoms with E-state index in [2.05, 4.69) is 15.9 Å². The molecule has 1 N–H and O–H groups in total. The van der Waals surface area contributed by atoms with E-state index in [0.717, 1.165) is 24.0 Å². The standard InChI is InChI=1S/C14H16BrFO2/c1-8-7-10(16)12(15)11(9(8)2)14(13(17)18)5-3-4-6-14/h7H,3-6H2,1-2H3,(H,17,18). The topological polar surface area (TPSA) is 37.3 Å². The predicted molar refractivity (Wildman–Crippen MR) is 71.4 cm³/mol. The van der Waals surface area contributed by atoms with Crippen LogP contribution in [0.25, 0.3) is 0 Å². The molecule has 0 radical (unpaired) electrons. The van der Waals surface area contributed by atoms with E-state index in [9.17, 15) is 14.3 Å². The Balaban J connectivity index is 2.73. The zero-order valence-electron chi connectivity index (χ0n) is 10.5. The number of hydrogen-bond acceptors (Lipinski definition) is 1. The summed E-state index contributed by atoms with van der Waals surface area (Å²) in [5.74, 6) is -1.21. The Labute approximate surface area is 114 Å². The summed E-state index contributed by atoms with van der Waals surface area (Å²) in [7, 11) is 0. The van der Waals surface area contributed by atoms with Gasteiger partial charge in [-0.15, -0.1) is 0 Å². The lowest BCUT2D eigenvalue weighted by atomic mass is 9.76. The Kier molecular flexibility index (Phi) is 3.49. The summed E-state index contributed by atoms with van der Waals surface area (Å²) < 4.78 is 14.2. The van der Waals surface area contributed by atoms with Crippen molar-refractivity contribution in [3.05, 3.63) is 33.0 Å². The molecule has 4 heteroatoms. The molecule has 1 fully saturated rings. The second-order valence-electron chi connectivity index (χ2n) is 5.08. The summed E-state index contributed by atoms with van der Waals surface area (Å²) in [4.78, 5) is 11.7. The fourth-order valence-electron chi connectivity index (χ4n) is 2.96. The van der Waals surface area contributed by atoms with Gasteiger partial charge in [0.25, 0.3) is 0 Å². The minimum absolute atomic E-state index is 0.315. The molecule has 0 unspecified atom stereocenters. The Morgan fingerprint density at radius 3 is 2.44 bits per heavy atom. The average Bonchev–Trinajstić information content (AvgIpc) is 2.77. The molecule has 1 aromatic rings. The highest BCUT2D eigenvalue weighted by molar-refractivity contribution is 9.10. The van der Waals surface area contributed by atoms with Crippen LogP contribution in [0.3, 0.4) is 0 Å². The number of aliphatic carboxylic acids is 1. The van der Waals surface area contributed by atoms with Crippen molar-refractivity contribution in [1.29, 1.82) is 0 Å². The summed E-state index contributed by atoms with van der Waals surface area (Å²) in [5, 5.41) is 9.60. The molecular formula is C14H16BrFO2. The molecule has 0 atom stereocenters. The molecule has 2 rings (SSSR count). The molecule has 0 aromatic heterocycles. The maximum Gasteiger partial charge on any atom is 0.314 e. The normalized spacial score (nSPS) is 18.0. The van der Waals surface area contributed by atoms with Gasteiger partial charge in [0.2, 0.25) is 0 Å². The molecule has 0 spiro atoms. The number of carbonyl (C=O) groups is 1. The molecule has 1 saturated carbocycles. The second-order valence-corrected chi connectivity index (χ2v) is 5.88. The Bertz CT molecular complexity index is 479. The Morgan fingerprint density at radius 1 is 1.39 bits per heavy atom. The highest BCUT2D eigenvalue weighted by atomic mass is 79.9. The lowest BCUT2D eigenvalue weighted by molar-refractivity contribution is -0.143. The summed E-state index contributed by atoms with van der Waals surface area (Å²) in [5.41, 5.74) is 1.39. The number of aryl methyl sites for hydroxylation is 1. The van der Waals surface area contributed by atoms with Crippen molar-refractivity contribution in [2.24, 2.45) is 0 Å². The van der Waals surface area contributed by atoms with Gasteiger partial charge in [-0.3, -0.25) is 4.79 Å². The first-order valence-corrected chi connectivity index (χ1v) is 6.88.